The van der Waals surface area contributed by atoms with Crippen LogP contribution in [-0.4, -0.2) is 18.1 Å². The van der Waals surface area contributed by atoms with E-state index in [0.717, 1.165) is 12.1 Å². The van der Waals surface area contributed by atoms with Gasteiger partial charge in [-0.25, -0.2) is 0 Å². The smallest absolute Gasteiger partial charge is 0.223 e. The Morgan fingerprint density at radius 2 is 1.73 bits per heavy atom. The van der Waals surface area contributed by atoms with E-state index in [-0.39, 0.29) is 11.3 Å². The summed E-state index contributed by atoms with van der Waals surface area (Å²) in [5.74, 6) is 0.118. The number of hydrogen-bond donors (Lipinski definition) is 1. The van der Waals surface area contributed by atoms with Crippen LogP contribution in [0, 0.1) is 13.8 Å². The number of aryl methyl sites for hydroxylation is 2. The van der Waals surface area contributed by atoms with Crippen LogP contribution in [0.15, 0.2) is 48.5 Å². The fourth-order valence-corrected chi connectivity index (χ4v) is 4.36. The van der Waals surface area contributed by atoms with Crippen LogP contribution in [0.5, 0.6) is 0 Å². The third kappa shape index (κ3) is 2.38. The van der Waals surface area contributed by atoms with Crippen molar-refractivity contribution in [3.8, 4) is 0 Å². The second kappa shape index (κ2) is 5.73. The van der Waals surface area contributed by atoms with Gasteiger partial charge in [-0.05, 0) is 37.1 Å². The summed E-state index contributed by atoms with van der Waals surface area (Å²) in [4.78, 5) is 14.8. The van der Waals surface area contributed by atoms with Crippen molar-refractivity contribution in [2.45, 2.75) is 45.2 Å². The minimum absolute atomic E-state index is 0.118. The molecule has 2 heterocycles. The molecule has 2 aromatic rings. The lowest BCUT2D eigenvalue weighted by Gasteiger charge is -2.49. The molecule has 0 spiro atoms. The lowest BCUT2D eigenvalue weighted by atomic mass is 9.74. The topological polar surface area (TPSA) is 32.3 Å². The summed E-state index contributed by atoms with van der Waals surface area (Å²) in [5, 5.41) is 3.33. The van der Waals surface area contributed by atoms with Crippen molar-refractivity contribution in [3.05, 3.63) is 70.8 Å². The number of carbonyl (C=O) groups is 1. The first-order chi connectivity index (χ1) is 12.3. The summed E-state index contributed by atoms with van der Waals surface area (Å²) >= 11 is 0. The maximum absolute atomic E-state index is 12.4. The third-order valence-electron chi connectivity index (χ3n) is 5.98. The Kier molecular flexibility index (Phi) is 3.72. The molecule has 2 aliphatic heterocycles. The normalized spacial score (nSPS) is 23.7. The summed E-state index contributed by atoms with van der Waals surface area (Å²) in [5.41, 5.74) is 5.40. The number of rotatable bonds is 2. The van der Waals surface area contributed by atoms with Gasteiger partial charge < -0.3 is 10.2 Å². The molecule has 1 amide bonds. The van der Waals surface area contributed by atoms with Gasteiger partial charge in [-0.1, -0.05) is 67.4 Å². The van der Waals surface area contributed by atoms with Crippen molar-refractivity contribution < 1.29 is 4.79 Å². The van der Waals surface area contributed by atoms with E-state index in [4.69, 9.17) is 0 Å². The molecule has 134 valence electrons. The first-order valence-electron chi connectivity index (χ1n) is 9.29. The highest BCUT2D eigenvalue weighted by atomic mass is 16.2. The molecule has 2 aliphatic rings. The van der Waals surface area contributed by atoms with Crippen LogP contribution in [0.3, 0.4) is 0 Å². The number of fused-ring (bicyclic) bond motifs is 3. The van der Waals surface area contributed by atoms with Gasteiger partial charge in [-0.3, -0.25) is 4.79 Å². The highest BCUT2D eigenvalue weighted by molar-refractivity contribution is 5.84. The molecule has 0 radical (unpaired) electrons. The Balaban J connectivity index is 1.84. The monoisotopic (exact) mass is 346 g/mol. The van der Waals surface area contributed by atoms with Crippen molar-refractivity contribution in [1.29, 1.82) is 0 Å². The number of nitrogens with one attached hydrogen (secondary N) is 1. The van der Waals surface area contributed by atoms with Crippen molar-refractivity contribution in [1.82, 2.24) is 5.32 Å². The number of carbonyl (C=O) groups excluding carboxylic acids is 1. The van der Waals surface area contributed by atoms with E-state index in [9.17, 15) is 4.79 Å². The van der Waals surface area contributed by atoms with Gasteiger partial charge in [0, 0.05) is 24.1 Å². The molecule has 0 saturated carbocycles. The molecular formula is C23H26N2O. The molecule has 1 atom stereocenters. The van der Waals surface area contributed by atoms with E-state index in [2.05, 4.69) is 92.5 Å². The van der Waals surface area contributed by atoms with Crippen LogP contribution >= 0.6 is 0 Å². The molecule has 3 nitrogen and oxygen atoms in total. The second-order valence-electron chi connectivity index (χ2n) is 8.11. The first kappa shape index (κ1) is 16.9. The molecule has 4 rings (SSSR count). The molecule has 0 aromatic heterocycles. The van der Waals surface area contributed by atoms with Crippen LogP contribution in [0.25, 0.3) is 6.08 Å². The van der Waals surface area contributed by atoms with E-state index in [0.29, 0.717) is 6.42 Å². The number of nitrogens with zero attached hydrogens (tertiary/aromatic N) is 1. The Morgan fingerprint density at radius 3 is 2.46 bits per heavy atom. The first-order valence-corrected chi connectivity index (χ1v) is 9.29. The highest BCUT2D eigenvalue weighted by Gasteiger charge is 2.57. The molecule has 2 aromatic carbocycles. The summed E-state index contributed by atoms with van der Waals surface area (Å²) < 4.78 is 0. The van der Waals surface area contributed by atoms with Gasteiger partial charge in [0.1, 0.15) is 5.66 Å². The average Bonchev–Trinajstić information content (AvgIpc) is 2.79. The summed E-state index contributed by atoms with van der Waals surface area (Å²) in [6.07, 6.45) is 4.85. The van der Waals surface area contributed by atoms with Crippen LogP contribution < -0.4 is 10.2 Å². The van der Waals surface area contributed by atoms with E-state index in [1.54, 1.807) is 0 Å². The maximum atomic E-state index is 12.4. The number of anilines is 1. The minimum atomic E-state index is -0.538. The van der Waals surface area contributed by atoms with Crippen LogP contribution in [-0.2, 0) is 10.2 Å². The molecule has 1 saturated heterocycles. The van der Waals surface area contributed by atoms with E-state index in [1.165, 1.54) is 22.4 Å². The fourth-order valence-electron chi connectivity index (χ4n) is 4.36. The summed E-state index contributed by atoms with van der Waals surface area (Å²) in [7, 11) is 0. The third-order valence-corrected chi connectivity index (χ3v) is 5.98. The van der Waals surface area contributed by atoms with Gasteiger partial charge in [-0.2, -0.15) is 0 Å². The van der Waals surface area contributed by atoms with Gasteiger partial charge in [0.2, 0.25) is 5.91 Å². The molecule has 0 bridgehead atoms. The zero-order chi connectivity index (χ0) is 18.5. The van der Waals surface area contributed by atoms with E-state index >= 15 is 0 Å². The van der Waals surface area contributed by atoms with Crippen LogP contribution in [0.1, 0.15) is 42.5 Å². The van der Waals surface area contributed by atoms with Gasteiger partial charge >= 0.3 is 0 Å². The van der Waals surface area contributed by atoms with Crippen molar-refractivity contribution in [3.63, 3.8) is 0 Å². The minimum Gasteiger partial charge on any atom is -0.344 e. The van der Waals surface area contributed by atoms with Gasteiger partial charge in [0.05, 0.1) is 0 Å². The predicted molar refractivity (Wildman–Crippen MR) is 107 cm³/mol. The quantitative estimate of drug-likeness (QED) is 0.878. The van der Waals surface area contributed by atoms with Crippen LogP contribution in [0.2, 0.25) is 0 Å². The van der Waals surface area contributed by atoms with Crippen LogP contribution in [0.4, 0.5) is 5.69 Å². The van der Waals surface area contributed by atoms with Gasteiger partial charge in [0.25, 0.3) is 0 Å². The highest BCUT2D eigenvalue weighted by Crippen LogP contribution is 2.52. The Hall–Kier alpha value is -2.55. The van der Waals surface area contributed by atoms with E-state index in [1.807, 2.05) is 0 Å². The number of amides is 1. The molecular weight excluding hydrogens is 320 g/mol. The number of benzene rings is 2. The van der Waals surface area contributed by atoms with Gasteiger partial charge in [0.15, 0.2) is 0 Å². The molecule has 26 heavy (non-hydrogen) atoms. The largest absolute Gasteiger partial charge is 0.344 e. The van der Waals surface area contributed by atoms with Crippen molar-refractivity contribution >= 4 is 17.7 Å². The molecule has 1 N–H and O–H groups in total. The summed E-state index contributed by atoms with van der Waals surface area (Å²) in [6.45, 7) is 9.42. The SMILES string of the molecule is Cc1ccc(C=C[C@]23NC(=O)CCN2c2ccc(C)cc2C3(C)C)cc1. The average molecular weight is 346 g/mol. The van der Waals surface area contributed by atoms with Gasteiger partial charge in [-0.15, -0.1) is 0 Å². The molecule has 1 fully saturated rings. The standard InChI is InChI=1S/C23H26N2O/c1-16-5-8-18(9-6-16)11-13-23-22(3,4)19-15-17(2)7-10-20(19)25(23)14-12-21(26)24-23/h5-11,13,15H,12,14H2,1-4H3,(H,24,26)/t23-/m0/s1. The molecule has 0 unspecified atom stereocenters. The lowest BCUT2D eigenvalue weighted by molar-refractivity contribution is -0.124. The lowest BCUT2D eigenvalue weighted by Crippen LogP contribution is -2.68. The molecule has 0 aliphatic carbocycles. The Bertz CT molecular complexity index is 895. The Morgan fingerprint density at radius 1 is 1.04 bits per heavy atom. The van der Waals surface area contributed by atoms with Crippen molar-refractivity contribution in [2.75, 3.05) is 11.4 Å². The predicted octanol–water partition coefficient (Wildman–Crippen LogP) is 4.33. The second-order valence-corrected chi connectivity index (χ2v) is 8.11. The summed E-state index contributed by atoms with van der Waals surface area (Å²) in [6, 6.07) is 15.1. The zero-order valence-electron chi connectivity index (χ0n) is 16.0. The zero-order valence-corrected chi connectivity index (χ0v) is 16.0. The van der Waals surface area contributed by atoms with Crippen molar-refractivity contribution in [2.24, 2.45) is 0 Å². The molecule has 3 heteroatoms. The maximum Gasteiger partial charge on any atom is 0.223 e. The number of hydrogen-bond acceptors (Lipinski definition) is 2. The van der Waals surface area contributed by atoms with E-state index < -0.39 is 5.66 Å². The fraction of sp³-hybridized carbons (Fsp3) is 0.348. The Labute approximate surface area is 155 Å².